The molecule has 0 aliphatic carbocycles. The molecule has 0 radical (unpaired) electrons. The maximum atomic E-state index is 11.6. The van der Waals surface area contributed by atoms with Gasteiger partial charge in [0.05, 0.1) is 0 Å². The first-order valence-corrected chi connectivity index (χ1v) is 33.3. The van der Waals surface area contributed by atoms with Crippen molar-refractivity contribution in [3.63, 3.8) is 0 Å². The van der Waals surface area contributed by atoms with Gasteiger partial charge in [-0.05, 0) is 75.3 Å². The number of allylic oxidation sites excluding steroid dienone is 2. The van der Waals surface area contributed by atoms with Gasteiger partial charge in [0.15, 0.2) is 0 Å². The van der Waals surface area contributed by atoms with Crippen LogP contribution in [0.15, 0.2) is 59.7 Å². The van der Waals surface area contributed by atoms with E-state index in [1.165, 1.54) is 271 Å². The standard InChI is InChI=1S/C31H42N2.2C18H37.Pd/c1-5-8-11-12-15-29-28(14-10-7-3)31(27-22-18-25(19-23-27)13-9-6-2)33(32)30(29)26-20-16-24(4)17-21-26;2*1-3-5-7-9-11-13-15-17-18-16-14-12-10-8-6-4-2;/h16-23H,5-15H2,1-4H3;2*1,3-18H2,2H3;. The molecule has 0 saturated carbocycles. The van der Waals surface area contributed by atoms with Gasteiger partial charge in [-0.2, -0.15) is 0 Å². The van der Waals surface area contributed by atoms with Gasteiger partial charge >= 0.3 is 169 Å². The molecule has 0 fully saturated rings. The van der Waals surface area contributed by atoms with Crippen molar-refractivity contribution in [1.29, 1.82) is 0 Å². The Hall–Kier alpha value is -1.82. The van der Waals surface area contributed by atoms with E-state index in [4.69, 9.17) is 0 Å². The minimum Gasteiger partial charge on any atom is -0.0654 e. The molecular weight excluding hydrogens is 939 g/mol. The molecule has 0 saturated heterocycles. The van der Waals surface area contributed by atoms with Crippen molar-refractivity contribution in [3.05, 3.63) is 87.5 Å². The molecule has 0 atom stereocenters. The molecule has 3 heteroatoms. The zero-order chi connectivity index (χ0) is 50.4. The number of nitrogens with zero attached hydrogens (tertiary/aromatic N) is 2. The van der Waals surface area contributed by atoms with E-state index >= 15 is 0 Å². The summed E-state index contributed by atoms with van der Waals surface area (Å²) in [6.45, 7) is 13.5. The van der Waals surface area contributed by atoms with Crippen LogP contribution in [-0.4, -0.2) is 4.70 Å². The molecular formula is C67H116N2Pd. The van der Waals surface area contributed by atoms with Crippen molar-refractivity contribution < 1.29 is 22.7 Å². The minimum atomic E-state index is 0.989. The second kappa shape index (κ2) is 46.9. The topological polar surface area (TPSA) is 25.3 Å². The summed E-state index contributed by atoms with van der Waals surface area (Å²) in [6.07, 6.45) is 60.3. The van der Waals surface area contributed by atoms with Crippen LogP contribution in [0.25, 0.3) is 16.9 Å². The molecule has 404 valence electrons. The monoisotopic (exact) mass is 1050 g/mol. The molecule has 70 heavy (non-hydrogen) atoms. The van der Waals surface area contributed by atoms with Gasteiger partial charge in [-0.3, -0.25) is 0 Å². The van der Waals surface area contributed by atoms with Gasteiger partial charge in [-0.1, -0.05) is 161 Å². The van der Waals surface area contributed by atoms with E-state index < -0.39 is 0 Å². The van der Waals surface area contributed by atoms with Crippen molar-refractivity contribution in [2.75, 3.05) is 0 Å². The zero-order valence-corrected chi connectivity index (χ0v) is 49.2. The Kier molecular flexibility index (Phi) is 43.1. The molecule has 1 heterocycles. The van der Waals surface area contributed by atoms with Crippen LogP contribution in [0.4, 0.5) is 0 Å². The maximum absolute atomic E-state index is 11.6. The quantitative estimate of drug-likeness (QED) is 0.0359. The van der Waals surface area contributed by atoms with E-state index in [-0.39, 0.29) is 0 Å². The van der Waals surface area contributed by atoms with Crippen LogP contribution in [0, 0.1) is 6.92 Å². The Morgan fingerprint density at radius 2 is 0.586 bits per heavy atom. The van der Waals surface area contributed by atoms with E-state index in [0.717, 1.165) is 72.6 Å². The number of aryl methyl sites for hydroxylation is 2. The summed E-state index contributed by atoms with van der Waals surface area (Å²) in [4.78, 5) is 3.09. The molecule has 1 aliphatic rings. The Labute approximate surface area is 446 Å². The fourth-order valence-corrected chi connectivity index (χ4v) is 12.2. The Bertz CT molecular complexity index is 1520. The van der Waals surface area contributed by atoms with Gasteiger partial charge in [0.2, 0.25) is 11.4 Å². The zero-order valence-electron chi connectivity index (χ0n) is 47.6. The van der Waals surface area contributed by atoms with Gasteiger partial charge in [0.1, 0.15) is 0 Å². The normalized spacial score (nSPS) is 12.7. The molecule has 0 aromatic heterocycles. The minimum absolute atomic E-state index is 0.989. The average Bonchev–Trinajstić information content (AvgIpc) is 3.65. The molecule has 0 spiro atoms. The SMILES string of the molecule is CCCCCCC1=C(c2ccc(C)cc2)[N+](=[N-])C(c2ccc(CCCC)cc2)=C1CCCC.CCCCCCCCCCCCCCCCC[CH2][Pd][CH2]CCCCCCCCCCCCCCCCC. The van der Waals surface area contributed by atoms with Crippen molar-refractivity contribution >= 4 is 11.4 Å². The third-order valence-corrected chi connectivity index (χ3v) is 17.1. The van der Waals surface area contributed by atoms with Crippen LogP contribution in [-0.2, 0) is 24.4 Å². The predicted molar refractivity (Wildman–Crippen MR) is 311 cm³/mol. The van der Waals surface area contributed by atoms with Crippen molar-refractivity contribution in [2.24, 2.45) is 0 Å². The smallest absolute Gasteiger partial charge is 0.0654 e. The predicted octanol–water partition coefficient (Wildman–Crippen LogP) is 24.1. The number of rotatable bonds is 47. The number of hydrogen-bond acceptors (Lipinski definition) is 0. The summed E-state index contributed by atoms with van der Waals surface area (Å²) in [5.74, 6) is 0. The van der Waals surface area contributed by atoms with E-state index in [1.54, 1.807) is 9.79 Å². The first-order chi connectivity index (χ1) is 34.5. The van der Waals surface area contributed by atoms with E-state index in [1.807, 2.05) is 0 Å². The summed E-state index contributed by atoms with van der Waals surface area (Å²) >= 11 is 1.06. The van der Waals surface area contributed by atoms with Gasteiger partial charge in [0.25, 0.3) is 0 Å². The van der Waals surface area contributed by atoms with Crippen molar-refractivity contribution in [1.82, 2.24) is 0 Å². The number of benzene rings is 2. The van der Waals surface area contributed by atoms with Gasteiger partial charge in [0, 0.05) is 22.3 Å². The molecule has 0 amide bonds. The van der Waals surface area contributed by atoms with Gasteiger partial charge in [-0.15, -0.1) is 0 Å². The summed E-state index contributed by atoms with van der Waals surface area (Å²) < 4.78 is 1.51. The molecule has 1 aliphatic heterocycles. The third-order valence-electron chi connectivity index (χ3n) is 14.9. The molecule has 0 unspecified atom stereocenters. The fraction of sp³-hybridized carbons (Fsp3) is 0.761. The summed E-state index contributed by atoms with van der Waals surface area (Å²) in [6, 6.07) is 17.5. The Balaban J connectivity index is 0.000000482. The summed E-state index contributed by atoms with van der Waals surface area (Å²) in [7, 11) is 0. The Morgan fingerprint density at radius 3 is 0.929 bits per heavy atom. The first kappa shape index (κ1) is 64.3. The van der Waals surface area contributed by atoms with E-state index in [0.29, 0.717) is 0 Å². The third kappa shape index (κ3) is 31.7. The van der Waals surface area contributed by atoms with Crippen LogP contribution in [0.5, 0.6) is 0 Å². The van der Waals surface area contributed by atoms with Crippen LogP contribution in [0.2, 0.25) is 9.79 Å². The Morgan fingerprint density at radius 1 is 0.314 bits per heavy atom. The second-order valence-electron chi connectivity index (χ2n) is 21.6. The van der Waals surface area contributed by atoms with Crippen LogP contribution < -0.4 is 0 Å². The van der Waals surface area contributed by atoms with Gasteiger partial charge in [-0.25, -0.2) is 4.70 Å². The summed E-state index contributed by atoms with van der Waals surface area (Å²) in [5.41, 5.74) is 21.1. The second-order valence-corrected chi connectivity index (χ2v) is 24.0. The molecule has 2 aromatic carbocycles. The van der Waals surface area contributed by atoms with E-state index in [9.17, 15) is 5.53 Å². The number of unbranched alkanes of at least 4 members (excludes halogenated alkanes) is 35. The van der Waals surface area contributed by atoms with Crippen molar-refractivity contribution in [2.45, 2.75) is 327 Å². The van der Waals surface area contributed by atoms with E-state index in [2.05, 4.69) is 90.1 Å². The average molecular weight is 1060 g/mol. The molecule has 3 rings (SSSR count). The molecule has 0 N–H and O–H groups in total. The van der Waals surface area contributed by atoms with Gasteiger partial charge < -0.3 is 5.53 Å². The molecule has 0 bridgehead atoms. The molecule has 2 nitrogen and oxygen atoms in total. The van der Waals surface area contributed by atoms with Crippen LogP contribution >= 0.6 is 0 Å². The number of hydrogen-bond donors (Lipinski definition) is 0. The van der Waals surface area contributed by atoms with Crippen molar-refractivity contribution in [3.8, 4) is 0 Å². The molecule has 2 aromatic rings. The summed E-state index contributed by atoms with van der Waals surface area (Å²) in [5, 5.41) is 0. The van der Waals surface area contributed by atoms with Crippen LogP contribution in [0.3, 0.4) is 0 Å². The van der Waals surface area contributed by atoms with Crippen LogP contribution in [0.1, 0.15) is 327 Å². The first-order valence-electron chi connectivity index (χ1n) is 31.1. The fourth-order valence-electron chi connectivity index (χ4n) is 10.3.